The molecule has 0 spiro atoms. The Morgan fingerprint density at radius 1 is 1.40 bits per heavy atom. The molecule has 1 aromatic heterocycles. The van der Waals surface area contributed by atoms with Crippen LogP contribution in [-0.2, 0) is 21.5 Å². The number of aryl methyl sites for hydroxylation is 1. The maximum absolute atomic E-state index is 6.04. The number of hydrogen-bond acceptors (Lipinski definition) is 5. The minimum atomic E-state index is -0.407. The molecule has 0 saturated carbocycles. The fraction of sp³-hybridized carbons (Fsp3) is 0.733. The fourth-order valence-electron chi connectivity index (χ4n) is 2.58. The van der Waals surface area contributed by atoms with Crippen molar-refractivity contribution in [3.05, 3.63) is 23.3 Å². The second-order valence-corrected chi connectivity index (χ2v) is 5.51. The van der Waals surface area contributed by atoms with E-state index in [4.69, 9.17) is 20.2 Å². The van der Waals surface area contributed by atoms with Crippen LogP contribution in [0, 0.1) is 6.92 Å². The van der Waals surface area contributed by atoms with Gasteiger partial charge in [-0.25, -0.2) is 9.97 Å². The summed E-state index contributed by atoms with van der Waals surface area (Å²) in [5, 5.41) is 0. The Kier molecular flexibility index (Phi) is 5.07. The molecule has 1 aromatic rings. The van der Waals surface area contributed by atoms with Crippen LogP contribution >= 0.6 is 0 Å². The highest BCUT2D eigenvalue weighted by molar-refractivity contribution is 5.15. The maximum Gasteiger partial charge on any atom is 0.160 e. The summed E-state index contributed by atoms with van der Waals surface area (Å²) >= 11 is 0. The van der Waals surface area contributed by atoms with Crippen LogP contribution in [0.15, 0.2) is 6.07 Å². The zero-order chi connectivity index (χ0) is 14.6. The van der Waals surface area contributed by atoms with Gasteiger partial charge < -0.3 is 15.2 Å². The first-order valence-corrected chi connectivity index (χ1v) is 7.33. The Morgan fingerprint density at radius 2 is 2.10 bits per heavy atom. The normalized spacial score (nSPS) is 19.8. The van der Waals surface area contributed by atoms with Gasteiger partial charge in [0.15, 0.2) is 5.82 Å². The molecule has 5 heteroatoms. The standard InChI is InChI=1S/C15H25N3O2/c1-4-12(16)10-13-9-11(2)17-14(18-13)15(19-3)5-7-20-8-6-15/h9,12H,4-8,10,16H2,1-3H3. The highest BCUT2D eigenvalue weighted by Crippen LogP contribution is 2.33. The number of methoxy groups -OCH3 is 1. The van der Waals surface area contributed by atoms with Crippen LogP contribution in [0.3, 0.4) is 0 Å². The first-order chi connectivity index (χ1) is 9.59. The van der Waals surface area contributed by atoms with E-state index >= 15 is 0 Å². The van der Waals surface area contributed by atoms with E-state index in [1.807, 2.05) is 13.0 Å². The molecule has 2 N–H and O–H groups in total. The van der Waals surface area contributed by atoms with Crippen LogP contribution in [0.2, 0.25) is 0 Å². The van der Waals surface area contributed by atoms with Crippen molar-refractivity contribution < 1.29 is 9.47 Å². The largest absolute Gasteiger partial charge is 0.381 e. The molecular weight excluding hydrogens is 254 g/mol. The number of nitrogens with zero attached hydrogens (tertiary/aromatic N) is 2. The maximum atomic E-state index is 6.04. The summed E-state index contributed by atoms with van der Waals surface area (Å²) in [4.78, 5) is 9.32. The molecule has 1 unspecified atom stereocenters. The van der Waals surface area contributed by atoms with Crippen molar-refractivity contribution in [2.24, 2.45) is 5.73 Å². The Hall–Kier alpha value is -1.04. The minimum Gasteiger partial charge on any atom is -0.381 e. The SMILES string of the molecule is CCC(N)Cc1cc(C)nc(C2(OC)CCOCC2)n1. The lowest BCUT2D eigenvalue weighted by molar-refractivity contribution is -0.100. The van der Waals surface area contributed by atoms with Crippen LogP contribution in [0.5, 0.6) is 0 Å². The number of ether oxygens (including phenoxy) is 2. The van der Waals surface area contributed by atoms with E-state index in [0.717, 1.165) is 42.9 Å². The van der Waals surface area contributed by atoms with Crippen molar-refractivity contribution in [2.45, 2.75) is 51.2 Å². The lowest BCUT2D eigenvalue weighted by Crippen LogP contribution is -2.38. The summed E-state index contributed by atoms with van der Waals surface area (Å²) in [6.45, 7) is 5.47. The van der Waals surface area contributed by atoms with Gasteiger partial charge in [-0.3, -0.25) is 0 Å². The van der Waals surface area contributed by atoms with Crippen LogP contribution in [-0.4, -0.2) is 36.3 Å². The monoisotopic (exact) mass is 279 g/mol. The fourth-order valence-corrected chi connectivity index (χ4v) is 2.58. The van der Waals surface area contributed by atoms with E-state index in [-0.39, 0.29) is 6.04 Å². The molecule has 2 rings (SSSR count). The van der Waals surface area contributed by atoms with Crippen LogP contribution < -0.4 is 5.73 Å². The van der Waals surface area contributed by atoms with Crippen molar-refractivity contribution in [3.8, 4) is 0 Å². The molecule has 1 fully saturated rings. The third-order valence-corrected chi connectivity index (χ3v) is 4.00. The topological polar surface area (TPSA) is 70.3 Å². The van der Waals surface area contributed by atoms with Crippen molar-refractivity contribution in [2.75, 3.05) is 20.3 Å². The Morgan fingerprint density at radius 3 is 2.70 bits per heavy atom. The van der Waals surface area contributed by atoms with E-state index in [1.54, 1.807) is 7.11 Å². The minimum absolute atomic E-state index is 0.144. The molecule has 1 aliphatic rings. The lowest BCUT2D eigenvalue weighted by atomic mass is 9.92. The van der Waals surface area contributed by atoms with Gasteiger partial charge in [0.1, 0.15) is 5.60 Å². The number of hydrogen-bond donors (Lipinski definition) is 1. The van der Waals surface area contributed by atoms with Gasteiger partial charge in [0.25, 0.3) is 0 Å². The van der Waals surface area contributed by atoms with Gasteiger partial charge in [0.2, 0.25) is 0 Å². The molecule has 20 heavy (non-hydrogen) atoms. The average molecular weight is 279 g/mol. The van der Waals surface area contributed by atoms with Crippen LogP contribution in [0.1, 0.15) is 43.4 Å². The van der Waals surface area contributed by atoms with E-state index in [9.17, 15) is 0 Å². The number of rotatable bonds is 5. The highest BCUT2D eigenvalue weighted by Gasteiger charge is 2.37. The predicted octanol–water partition coefficient (Wildman–Crippen LogP) is 1.72. The van der Waals surface area contributed by atoms with Crippen molar-refractivity contribution in [1.82, 2.24) is 9.97 Å². The summed E-state index contributed by atoms with van der Waals surface area (Å²) in [5.41, 5.74) is 7.60. The summed E-state index contributed by atoms with van der Waals surface area (Å²) in [7, 11) is 1.73. The van der Waals surface area contributed by atoms with E-state index in [1.165, 1.54) is 0 Å². The van der Waals surface area contributed by atoms with Crippen molar-refractivity contribution >= 4 is 0 Å². The molecule has 1 atom stereocenters. The third kappa shape index (κ3) is 3.34. The van der Waals surface area contributed by atoms with E-state index in [0.29, 0.717) is 13.2 Å². The van der Waals surface area contributed by atoms with E-state index < -0.39 is 5.60 Å². The number of nitrogens with two attached hydrogens (primary N) is 1. The van der Waals surface area contributed by atoms with Gasteiger partial charge in [-0.15, -0.1) is 0 Å². The molecule has 0 bridgehead atoms. The summed E-state index contributed by atoms with van der Waals surface area (Å²) < 4.78 is 11.2. The Labute approximate surface area is 120 Å². The molecule has 0 amide bonds. The lowest BCUT2D eigenvalue weighted by Gasteiger charge is -2.34. The molecule has 0 radical (unpaired) electrons. The molecule has 112 valence electrons. The zero-order valence-electron chi connectivity index (χ0n) is 12.7. The summed E-state index contributed by atoms with van der Waals surface area (Å²) in [5.74, 6) is 0.779. The zero-order valence-corrected chi connectivity index (χ0v) is 12.7. The van der Waals surface area contributed by atoms with Gasteiger partial charge in [-0.05, 0) is 19.4 Å². The van der Waals surface area contributed by atoms with Gasteiger partial charge in [0.05, 0.1) is 0 Å². The predicted molar refractivity (Wildman–Crippen MR) is 77.5 cm³/mol. The third-order valence-electron chi connectivity index (χ3n) is 4.00. The molecular formula is C15H25N3O2. The second kappa shape index (κ2) is 6.61. The van der Waals surface area contributed by atoms with Gasteiger partial charge in [-0.1, -0.05) is 6.92 Å². The first kappa shape index (κ1) is 15.4. The van der Waals surface area contributed by atoms with Gasteiger partial charge in [-0.2, -0.15) is 0 Å². The Bertz CT molecular complexity index is 445. The highest BCUT2D eigenvalue weighted by atomic mass is 16.5. The van der Waals surface area contributed by atoms with E-state index in [2.05, 4.69) is 11.9 Å². The van der Waals surface area contributed by atoms with Crippen molar-refractivity contribution in [1.29, 1.82) is 0 Å². The summed E-state index contributed by atoms with van der Waals surface area (Å²) in [6, 6.07) is 2.16. The second-order valence-electron chi connectivity index (χ2n) is 5.51. The van der Waals surface area contributed by atoms with Crippen molar-refractivity contribution in [3.63, 3.8) is 0 Å². The molecule has 0 aromatic carbocycles. The van der Waals surface area contributed by atoms with Crippen LogP contribution in [0.25, 0.3) is 0 Å². The number of aromatic nitrogens is 2. The molecule has 5 nitrogen and oxygen atoms in total. The Balaban J connectivity index is 2.30. The molecule has 1 aliphatic heterocycles. The van der Waals surface area contributed by atoms with Gasteiger partial charge in [0, 0.05) is 57.0 Å². The molecule has 2 heterocycles. The van der Waals surface area contributed by atoms with Crippen LogP contribution in [0.4, 0.5) is 0 Å². The first-order valence-electron chi connectivity index (χ1n) is 7.33. The summed E-state index contributed by atoms with van der Waals surface area (Å²) in [6.07, 6.45) is 3.32. The van der Waals surface area contributed by atoms with Gasteiger partial charge >= 0.3 is 0 Å². The smallest absolute Gasteiger partial charge is 0.160 e. The molecule has 1 saturated heterocycles. The quantitative estimate of drug-likeness (QED) is 0.888. The molecule has 0 aliphatic carbocycles. The average Bonchev–Trinajstić information content (AvgIpc) is 2.47.